The second-order valence-electron chi connectivity index (χ2n) is 7.62. The number of rotatable bonds is 0. The molecule has 31 heavy (non-hydrogen) atoms. The molecule has 1 saturated heterocycles. The van der Waals surface area contributed by atoms with Gasteiger partial charge in [-0.1, -0.05) is 6.07 Å². The van der Waals surface area contributed by atoms with Crippen molar-refractivity contribution in [2.45, 2.75) is 12.8 Å². The maximum absolute atomic E-state index is 12.8. The van der Waals surface area contributed by atoms with Crippen molar-refractivity contribution in [1.29, 1.82) is 0 Å². The van der Waals surface area contributed by atoms with Crippen LogP contribution in [-0.2, 0) is 18.5 Å². The highest BCUT2D eigenvalue weighted by atomic mass is 16.5. The second kappa shape index (κ2) is 7.93. The van der Waals surface area contributed by atoms with Crippen LogP contribution in [-0.4, -0.2) is 73.6 Å². The minimum absolute atomic E-state index is 0.143. The Balaban J connectivity index is 1.52. The van der Waals surface area contributed by atoms with Crippen LogP contribution in [0.5, 0.6) is 0 Å². The zero-order valence-corrected chi connectivity index (χ0v) is 17.0. The zero-order chi connectivity index (χ0) is 21.4. The van der Waals surface area contributed by atoms with E-state index in [2.05, 4.69) is 30.7 Å². The van der Waals surface area contributed by atoms with E-state index in [1.807, 2.05) is 16.9 Å². The van der Waals surface area contributed by atoms with Gasteiger partial charge < -0.3 is 15.4 Å². The fourth-order valence-corrected chi connectivity index (χ4v) is 3.76. The molecular formula is C20H22N8O3. The molecule has 2 aliphatic heterocycles. The Hall–Kier alpha value is -3.57. The zero-order valence-electron chi connectivity index (χ0n) is 17.0. The molecule has 11 heteroatoms. The molecule has 1 fully saturated rings. The third kappa shape index (κ3) is 4.05. The van der Waals surface area contributed by atoms with E-state index in [1.54, 1.807) is 31.6 Å². The number of morpholine rings is 1. The van der Waals surface area contributed by atoms with E-state index >= 15 is 0 Å². The highest BCUT2D eigenvalue weighted by Gasteiger charge is 2.24. The Morgan fingerprint density at radius 1 is 1.16 bits per heavy atom. The standard InChI is InChI=1S/C20H22N8O3/c1-26-11-17-18(25-26)20(30)21-8-14-10-27(5-6-31-14)12-28-9-13(7-22-28)15-3-2-4-16(23-15)19(29)24-17/h2-4,7,9,11,14H,5-6,8,10,12H2,1H3,(H,21,30)(H,24,29). The lowest BCUT2D eigenvalue weighted by molar-refractivity contribution is -0.0379. The summed E-state index contributed by atoms with van der Waals surface area (Å²) in [6.45, 7) is 2.94. The quantitative estimate of drug-likeness (QED) is 0.536. The van der Waals surface area contributed by atoms with Crippen molar-refractivity contribution in [2.24, 2.45) is 7.05 Å². The number of amides is 2. The number of aryl methyl sites for hydroxylation is 1. The summed E-state index contributed by atoms with van der Waals surface area (Å²) in [6.07, 6.45) is 5.09. The molecule has 0 saturated carbocycles. The molecule has 5 rings (SSSR count). The molecule has 11 nitrogen and oxygen atoms in total. The predicted octanol–water partition coefficient (Wildman–Crippen LogP) is 0.333. The molecular weight excluding hydrogens is 400 g/mol. The number of aromatic nitrogens is 5. The smallest absolute Gasteiger partial charge is 0.274 e. The number of nitrogens with one attached hydrogen (secondary N) is 2. The molecule has 2 amide bonds. The lowest BCUT2D eigenvalue weighted by atomic mass is 10.2. The minimum Gasteiger partial charge on any atom is -0.374 e. The maximum Gasteiger partial charge on any atom is 0.274 e. The van der Waals surface area contributed by atoms with Crippen molar-refractivity contribution in [2.75, 3.05) is 31.6 Å². The van der Waals surface area contributed by atoms with E-state index < -0.39 is 5.91 Å². The molecule has 6 bridgehead atoms. The molecule has 3 aromatic rings. The largest absolute Gasteiger partial charge is 0.374 e. The molecule has 0 radical (unpaired) electrons. The van der Waals surface area contributed by atoms with Crippen LogP contribution in [0.25, 0.3) is 11.3 Å². The highest BCUT2D eigenvalue weighted by molar-refractivity contribution is 6.07. The first-order valence-electron chi connectivity index (χ1n) is 10.0. The summed E-state index contributed by atoms with van der Waals surface area (Å²) in [6, 6.07) is 5.23. The second-order valence-corrected chi connectivity index (χ2v) is 7.62. The van der Waals surface area contributed by atoms with Crippen LogP contribution < -0.4 is 10.6 Å². The number of hydrogen-bond donors (Lipinski definition) is 2. The first kappa shape index (κ1) is 19.4. The lowest BCUT2D eigenvalue weighted by Gasteiger charge is -2.32. The molecule has 0 aliphatic carbocycles. The van der Waals surface area contributed by atoms with Gasteiger partial charge in [-0.05, 0) is 12.1 Å². The average molecular weight is 422 g/mol. The summed E-state index contributed by atoms with van der Waals surface area (Å²) in [7, 11) is 1.69. The SMILES string of the molecule is Cn1cc2c(n1)C(=O)NCC1CN(CCO1)Cn1cc(cn1)-c1cccc(n1)C(=O)N2. The van der Waals surface area contributed by atoms with Crippen LogP contribution in [0.3, 0.4) is 0 Å². The predicted molar refractivity (Wildman–Crippen MR) is 110 cm³/mol. The normalized spacial score (nSPS) is 21.6. The van der Waals surface area contributed by atoms with E-state index in [0.717, 1.165) is 12.1 Å². The Labute approximate surface area is 178 Å². The Morgan fingerprint density at radius 3 is 2.94 bits per heavy atom. The van der Waals surface area contributed by atoms with Gasteiger partial charge in [-0.2, -0.15) is 10.2 Å². The van der Waals surface area contributed by atoms with Crippen LogP contribution in [0.15, 0.2) is 36.8 Å². The molecule has 2 N–H and O–H groups in total. The number of anilines is 1. The van der Waals surface area contributed by atoms with E-state index in [9.17, 15) is 9.59 Å². The number of fused-ring (bicyclic) bond motifs is 8. The van der Waals surface area contributed by atoms with E-state index in [-0.39, 0.29) is 23.4 Å². The maximum atomic E-state index is 12.8. The number of ether oxygens (including phenoxy) is 1. The van der Waals surface area contributed by atoms with E-state index in [0.29, 0.717) is 37.7 Å². The third-order valence-corrected chi connectivity index (χ3v) is 5.26. The van der Waals surface area contributed by atoms with Crippen LogP contribution in [0.1, 0.15) is 21.0 Å². The average Bonchev–Trinajstić information content (AvgIpc) is 3.38. The molecule has 2 aliphatic rings. The lowest BCUT2D eigenvalue weighted by Crippen LogP contribution is -2.48. The van der Waals surface area contributed by atoms with Gasteiger partial charge in [-0.15, -0.1) is 0 Å². The molecule has 160 valence electrons. The van der Waals surface area contributed by atoms with Crippen molar-refractivity contribution in [3.8, 4) is 11.3 Å². The van der Waals surface area contributed by atoms with Crippen molar-refractivity contribution in [1.82, 2.24) is 34.8 Å². The summed E-state index contributed by atoms with van der Waals surface area (Å²) in [5, 5.41) is 14.3. The Bertz CT molecular complexity index is 1140. The van der Waals surface area contributed by atoms with Gasteiger partial charge in [0.15, 0.2) is 5.69 Å². The fourth-order valence-electron chi connectivity index (χ4n) is 3.76. The molecule has 3 aromatic heterocycles. The van der Waals surface area contributed by atoms with Crippen LogP contribution in [0, 0.1) is 0 Å². The monoisotopic (exact) mass is 422 g/mol. The Kier molecular flexibility index (Phi) is 4.96. The van der Waals surface area contributed by atoms with Gasteiger partial charge in [0, 0.05) is 44.6 Å². The number of carbonyl (C=O) groups is 2. The molecule has 0 spiro atoms. The van der Waals surface area contributed by atoms with Crippen molar-refractivity contribution >= 4 is 17.5 Å². The van der Waals surface area contributed by atoms with Gasteiger partial charge in [-0.3, -0.25) is 23.9 Å². The summed E-state index contributed by atoms with van der Waals surface area (Å²) in [4.78, 5) is 32.3. The molecule has 2 atom stereocenters. The van der Waals surface area contributed by atoms with Gasteiger partial charge >= 0.3 is 0 Å². The minimum atomic E-state index is -0.425. The van der Waals surface area contributed by atoms with Crippen LogP contribution in [0.2, 0.25) is 0 Å². The highest BCUT2D eigenvalue weighted by Crippen LogP contribution is 2.19. The summed E-state index contributed by atoms with van der Waals surface area (Å²) in [5.74, 6) is -0.801. The topological polar surface area (TPSA) is 119 Å². The van der Waals surface area contributed by atoms with Crippen LogP contribution in [0.4, 0.5) is 5.69 Å². The van der Waals surface area contributed by atoms with E-state index in [1.165, 1.54) is 4.68 Å². The number of hydrogen-bond acceptors (Lipinski definition) is 7. The summed E-state index contributed by atoms with van der Waals surface area (Å²) >= 11 is 0. The summed E-state index contributed by atoms with van der Waals surface area (Å²) < 4.78 is 9.13. The summed E-state index contributed by atoms with van der Waals surface area (Å²) in [5.41, 5.74) is 2.16. The van der Waals surface area contributed by atoms with Gasteiger partial charge in [0.25, 0.3) is 11.8 Å². The first-order valence-corrected chi connectivity index (χ1v) is 10.0. The Morgan fingerprint density at radius 2 is 2.03 bits per heavy atom. The van der Waals surface area contributed by atoms with Gasteiger partial charge in [0.1, 0.15) is 5.69 Å². The van der Waals surface area contributed by atoms with E-state index in [4.69, 9.17) is 4.74 Å². The van der Waals surface area contributed by atoms with Crippen LogP contribution >= 0.6 is 0 Å². The third-order valence-electron chi connectivity index (χ3n) is 5.26. The van der Waals surface area contributed by atoms with Gasteiger partial charge in [0.05, 0.1) is 37.0 Å². The molecule has 5 heterocycles. The molecule has 2 unspecified atom stereocenters. The van der Waals surface area contributed by atoms with Crippen molar-refractivity contribution in [3.63, 3.8) is 0 Å². The first-order chi connectivity index (χ1) is 15.0. The van der Waals surface area contributed by atoms with Crippen molar-refractivity contribution < 1.29 is 14.3 Å². The number of carbonyl (C=O) groups excluding carboxylic acids is 2. The van der Waals surface area contributed by atoms with Gasteiger partial charge in [0.2, 0.25) is 0 Å². The number of pyridine rings is 1. The van der Waals surface area contributed by atoms with Gasteiger partial charge in [-0.25, -0.2) is 4.98 Å². The van der Waals surface area contributed by atoms with Crippen molar-refractivity contribution in [3.05, 3.63) is 48.2 Å². The molecule has 0 aromatic carbocycles. The fraction of sp³-hybridized carbons (Fsp3) is 0.350. The number of nitrogens with zero attached hydrogens (tertiary/aromatic N) is 6.